The van der Waals surface area contributed by atoms with Crippen LogP contribution in [-0.2, 0) is 0 Å². The van der Waals surface area contributed by atoms with Crippen LogP contribution in [0.15, 0.2) is 36.0 Å². The molecule has 0 radical (unpaired) electrons. The van der Waals surface area contributed by atoms with Crippen LogP contribution in [0.3, 0.4) is 0 Å². The Kier molecular flexibility index (Phi) is 4.13. The summed E-state index contributed by atoms with van der Waals surface area (Å²) in [5.41, 5.74) is 0.860. The number of rotatable bonds is 5. The predicted molar refractivity (Wildman–Crippen MR) is 70.3 cm³/mol. The van der Waals surface area contributed by atoms with Gasteiger partial charge in [0.2, 0.25) is 0 Å². The first-order valence-electron chi connectivity index (χ1n) is 5.47. The van der Waals surface area contributed by atoms with E-state index in [9.17, 15) is 0 Å². The second kappa shape index (κ2) is 6.21. The van der Waals surface area contributed by atoms with Crippen LogP contribution in [0, 0.1) is 12.3 Å². The fourth-order valence-electron chi connectivity index (χ4n) is 1.39. The van der Waals surface area contributed by atoms with Gasteiger partial charge in [-0.05, 0) is 23.8 Å². The zero-order chi connectivity index (χ0) is 13.5. The lowest BCUT2D eigenvalue weighted by atomic mass is 10.2. The van der Waals surface area contributed by atoms with Gasteiger partial charge in [0.25, 0.3) is 0 Å². The number of methoxy groups -OCH3 is 1. The van der Waals surface area contributed by atoms with Crippen molar-refractivity contribution in [3.63, 3.8) is 0 Å². The molecule has 0 aliphatic rings. The van der Waals surface area contributed by atoms with Crippen LogP contribution >= 0.6 is 0 Å². The lowest BCUT2D eigenvalue weighted by Gasteiger charge is -2.08. The molecule has 0 saturated carbocycles. The van der Waals surface area contributed by atoms with Crippen molar-refractivity contribution >= 4 is 6.21 Å². The van der Waals surface area contributed by atoms with Crippen LogP contribution < -0.4 is 9.47 Å². The summed E-state index contributed by atoms with van der Waals surface area (Å²) in [7, 11) is 1.57. The van der Waals surface area contributed by atoms with Gasteiger partial charge in [0.1, 0.15) is 19.3 Å². The Morgan fingerprint density at radius 2 is 2.16 bits per heavy atom. The quantitative estimate of drug-likeness (QED) is 0.595. The first-order chi connectivity index (χ1) is 9.33. The van der Waals surface area contributed by atoms with Gasteiger partial charge in [-0.15, -0.1) is 16.6 Å². The third-order valence-electron chi connectivity index (χ3n) is 2.25. The van der Waals surface area contributed by atoms with Gasteiger partial charge in [-0.3, -0.25) is 0 Å². The van der Waals surface area contributed by atoms with Crippen molar-refractivity contribution in [2.24, 2.45) is 5.10 Å². The minimum Gasteiger partial charge on any atom is -0.493 e. The first-order valence-corrected chi connectivity index (χ1v) is 5.47. The maximum absolute atomic E-state index is 5.35. The van der Waals surface area contributed by atoms with Gasteiger partial charge in [-0.2, -0.15) is 5.10 Å². The molecule has 96 valence electrons. The molecule has 6 heteroatoms. The molecule has 1 heterocycles. The zero-order valence-electron chi connectivity index (χ0n) is 10.4. The highest BCUT2D eigenvalue weighted by Gasteiger charge is 2.04. The molecule has 0 aliphatic carbocycles. The number of benzene rings is 1. The topological polar surface area (TPSA) is 61.5 Å². The molecule has 1 aromatic carbocycles. The van der Waals surface area contributed by atoms with Crippen LogP contribution in [0.5, 0.6) is 11.5 Å². The molecule has 6 nitrogen and oxygen atoms in total. The average Bonchev–Trinajstić information content (AvgIpc) is 2.96. The van der Waals surface area contributed by atoms with Gasteiger partial charge in [0.15, 0.2) is 11.5 Å². The van der Waals surface area contributed by atoms with E-state index in [0.717, 1.165) is 5.56 Å². The molecule has 0 N–H and O–H groups in total. The lowest BCUT2D eigenvalue weighted by Crippen LogP contribution is -1.97. The summed E-state index contributed by atoms with van der Waals surface area (Å²) in [6.07, 6.45) is 9.81. The summed E-state index contributed by atoms with van der Waals surface area (Å²) in [6, 6.07) is 5.44. The van der Waals surface area contributed by atoms with E-state index in [1.54, 1.807) is 25.5 Å². The molecular weight excluding hydrogens is 244 g/mol. The summed E-state index contributed by atoms with van der Waals surface area (Å²) in [5.74, 6) is 3.60. The number of terminal acetylenes is 1. The Bertz CT molecular complexity index is 600. The van der Waals surface area contributed by atoms with E-state index in [-0.39, 0.29) is 6.61 Å². The van der Waals surface area contributed by atoms with Crippen molar-refractivity contribution in [2.45, 2.75) is 0 Å². The Balaban J connectivity index is 2.17. The minimum absolute atomic E-state index is 0.199. The van der Waals surface area contributed by atoms with Crippen molar-refractivity contribution in [1.82, 2.24) is 14.9 Å². The van der Waals surface area contributed by atoms with Crippen LogP contribution in [-0.4, -0.2) is 34.8 Å². The number of nitrogens with zero attached hydrogens (tertiary/aromatic N) is 4. The van der Waals surface area contributed by atoms with Gasteiger partial charge in [-0.1, -0.05) is 5.92 Å². The normalized spacial score (nSPS) is 10.3. The molecule has 0 saturated heterocycles. The first kappa shape index (κ1) is 12.6. The summed E-state index contributed by atoms with van der Waals surface area (Å²) in [6.45, 7) is 0.199. The van der Waals surface area contributed by atoms with Gasteiger partial charge in [-0.25, -0.2) is 4.68 Å². The maximum atomic E-state index is 5.35. The summed E-state index contributed by atoms with van der Waals surface area (Å²) >= 11 is 0. The molecule has 0 bridgehead atoms. The van der Waals surface area contributed by atoms with E-state index >= 15 is 0 Å². The largest absolute Gasteiger partial charge is 0.493 e. The van der Waals surface area contributed by atoms with Crippen LogP contribution in [0.2, 0.25) is 0 Å². The number of hydrogen-bond donors (Lipinski definition) is 0. The minimum atomic E-state index is 0.199. The molecule has 1 aromatic heterocycles. The Morgan fingerprint density at radius 3 is 2.84 bits per heavy atom. The number of aromatic nitrogens is 3. The SMILES string of the molecule is C#CCOc1ccc(/C=N\n2cnnc2)cc1OC. The lowest BCUT2D eigenvalue weighted by molar-refractivity contribution is 0.331. The fraction of sp³-hybridized carbons (Fsp3) is 0.154. The summed E-state index contributed by atoms with van der Waals surface area (Å²) in [5, 5.41) is 11.4. The summed E-state index contributed by atoms with van der Waals surface area (Å²) in [4.78, 5) is 0. The highest BCUT2D eigenvalue weighted by molar-refractivity contribution is 5.80. The highest BCUT2D eigenvalue weighted by Crippen LogP contribution is 2.27. The molecule has 0 atom stereocenters. The van der Waals surface area contributed by atoms with Crippen molar-refractivity contribution in [3.8, 4) is 23.8 Å². The number of ether oxygens (including phenoxy) is 2. The third-order valence-corrected chi connectivity index (χ3v) is 2.25. The Labute approximate surface area is 110 Å². The van der Waals surface area contributed by atoms with Crippen molar-refractivity contribution < 1.29 is 9.47 Å². The molecule has 0 aliphatic heterocycles. The molecule has 0 spiro atoms. The molecule has 0 fully saturated rings. The van der Waals surface area contributed by atoms with E-state index in [1.807, 2.05) is 6.07 Å². The smallest absolute Gasteiger partial charge is 0.162 e. The van der Waals surface area contributed by atoms with E-state index in [2.05, 4.69) is 21.2 Å². The van der Waals surface area contributed by atoms with Gasteiger partial charge in [0.05, 0.1) is 13.3 Å². The van der Waals surface area contributed by atoms with E-state index in [4.69, 9.17) is 15.9 Å². The average molecular weight is 256 g/mol. The second-order valence-electron chi connectivity index (χ2n) is 3.49. The van der Waals surface area contributed by atoms with E-state index < -0.39 is 0 Å². The zero-order valence-corrected chi connectivity index (χ0v) is 10.4. The van der Waals surface area contributed by atoms with E-state index in [1.165, 1.54) is 17.3 Å². The van der Waals surface area contributed by atoms with E-state index in [0.29, 0.717) is 11.5 Å². The monoisotopic (exact) mass is 256 g/mol. The Morgan fingerprint density at radius 1 is 1.37 bits per heavy atom. The van der Waals surface area contributed by atoms with Gasteiger partial charge >= 0.3 is 0 Å². The predicted octanol–water partition coefficient (Wildman–Crippen LogP) is 1.18. The fourth-order valence-corrected chi connectivity index (χ4v) is 1.39. The molecule has 0 amide bonds. The maximum Gasteiger partial charge on any atom is 0.162 e. The van der Waals surface area contributed by atoms with Crippen LogP contribution in [0.4, 0.5) is 0 Å². The van der Waals surface area contributed by atoms with Crippen LogP contribution in [0.1, 0.15) is 5.56 Å². The molecule has 2 aromatic rings. The van der Waals surface area contributed by atoms with Gasteiger partial charge in [0, 0.05) is 0 Å². The Hall–Kier alpha value is -2.81. The standard InChI is InChI=1S/C13H12N4O2/c1-3-6-19-12-5-4-11(7-13(12)18-2)8-16-17-9-14-15-10-17/h1,4-5,7-10H,6H2,2H3/b16-8-. The number of hydrogen-bond acceptors (Lipinski definition) is 5. The van der Waals surface area contributed by atoms with Crippen molar-refractivity contribution in [2.75, 3.05) is 13.7 Å². The molecule has 19 heavy (non-hydrogen) atoms. The van der Waals surface area contributed by atoms with Gasteiger partial charge < -0.3 is 9.47 Å². The molecule has 0 unspecified atom stereocenters. The molecule has 2 rings (SSSR count). The third kappa shape index (κ3) is 3.33. The second-order valence-corrected chi connectivity index (χ2v) is 3.49. The molecular formula is C13H12N4O2. The van der Waals surface area contributed by atoms with Crippen molar-refractivity contribution in [3.05, 3.63) is 36.4 Å². The van der Waals surface area contributed by atoms with Crippen molar-refractivity contribution in [1.29, 1.82) is 0 Å². The summed E-state index contributed by atoms with van der Waals surface area (Å²) < 4.78 is 12.1. The highest BCUT2D eigenvalue weighted by atomic mass is 16.5. The van der Waals surface area contributed by atoms with Crippen LogP contribution in [0.25, 0.3) is 0 Å².